The van der Waals surface area contributed by atoms with Gasteiger partial charge in [-0.15, -0.1) is 0 Å². The second kappa shape index (κ2) is 15.5. The van der Waals surface area contributed by atoms with E-state index in [2.05, 4.69) is 17.4 Å². The predicted molar refractivity (Wildman–Crippen MR) is 226 cm³/mol. The van der Waals surface area contributed by atoms with Crippen molar-refractivity contribution >= 4 is 46.6 Å². The first-order chi connectivity index (χ1) is 28.2. The molecule has 4 aliphatic heterocycles. The molecule has 58 heavy (non-hydrogen) atoms. The van der Waals surface area contributed by atoms with Crippen LogP contribution in [0.5, 0.6) is 17.2 Å². The molecule has 0 aliphatic carbocycles. The Bertz CT molecular complexity index is 2490. The number of aliphatic imine (C=N–C) groups is 1. The zero-order valence-corrected chi connectivity index (χ0v) is 33.0. The van der Waals surface area contributed by atoms with Crippen molar-refractivity contribution in [3.8, 4) is 17.2 Å². The van der Waals surface area contributed by atoms with Crippen molar-refractivity contribution in [3.63, 3.8) is 0 Å². The summed E-state index contributed by atoms with van der Waals surface area (Å²) in [5.74, 6) is 2.13. The topological polar surface area (TPSA) is 110 Å². The minimum atomic E-state index is -0.128. The van der Waals surface area contributed by atoms with Crippen molar-refractivity contribution in [1.82, 2.24) is 0 Å². The number of hydrogen-bond acceptors (Lipinski definition) is 8. The van der Waals surface area contributed by atoms with Crippen LogP contribution in [0.25, 0.3) is 0 Å². The van der Waals surface area contributed by atoms with E-state index in [1.165, 1.54) is 5.56 Å². The summed E-state index contributed by atoms with van der Waals surface area (Å²) in [6.07, 6.45) is 5.48. The van der Waals surface area contributed by atoms with Crippen LogP contribution in [0.2, 0.25) is 0 Å². The molecule has 4 aliphatic rings. The van der Waals surface area contributed by atoms with Crippen LogP contribution >= 0.6 is 0 Å². The zero-order valence-electron chi connectivity index (χ0n) is 33.0. The maximum absolute atomic E-state index is 13.9. The van der Waals surface area contributed by atoms with Crippen molar-refractivity contribution in [2.75, 3.05) is 28.3 Å². The molecule has 4 heterocycles. The van der Waals surface area contributed by atoms with Gasteiger partial charge in [0.25, 0.3) is 11.8 Å². The van der Waals surface area contributed by atoms with Crippen LogP contribution in [0, 0.1) is 13.8 Å². The number of carbonyl (C=O) groups excluding carboxylic acids is 3. The van der Waals surface area contributed by atoms with E-state index in [1.54, 1.807) is 6.92 Å². The summed E-state index contributed by atoms with van der Waals surface area (Å²) in [6, 6.07) is 29.7. The number of fused-ring (bicyclic) bond motifs is 8. The third kappa shape index (κ3) is 7.19. The smallest absolute Gasteiger partial charge is 0.261 e. The van der Waals surface area contributed by atoms with Crippen LogP contribution < -0.4 is 29.3 Å². The monoisotopic (exact) mass is 774 g/mol. The van der Waals surface area contributed by atoms with Gasteiger partial charge < -0.3 is 29.2 Å². The zero-order chi connectivity index (χ0) is 39.9. The molecule has 0 unspecified atom stereocenters. The van der Waals surface area contributed by atoms with Gasteiger partial charge in [0.05, 0.1) is 41.2 Å². The van der Waals surface area contributed by atoms with Gasteiger partial charge in [-0.2, -0.15) is 0 Å². The largest absolute Gasteiger partial charge is 0.494 e. The molecule has 10 nitrogen and oxygen atoms in total. The van der Waals surface area contributed by atoms with E-state index in [4.69, 9.17) is 19.2 Å². The standard InChI is InChI=1S/C48H46N4O6/c1-29-16-39-41(49-25-36-21-34-11-4-6-13-43(34)51(36)47(39)54)23-45(29)57-27-32-18-33(20-38(19-32)56-15-9-8-10-31(3)53)28-58-46-24-42-40(17-30(46)2)48(55)52-37(26-50-42)22-35-12-5-7-14-44(35)52/h4-7,11-14,16-20,23-25,36-37,50H,8-10,15,21-22,26-28H2,1-3H3/t36-,37-/m0/s1. The summed E-state index contributed by atoms with van der Waals surface area (Å²) >= 11 is 0. The highest BCUT2D eigenvalue weighted by molar-refractivity contribution is 6.15. The highest BCUT2D eigenvalue weighted by Gasteiger charge is 2.38. The fourth-order valence-electron chi connectivity index (χ4n) is 8.59. The molecule has 294 valence electrons. The Morgan fingerprint density at radius 1 is 0.741 bits per heavy atom. The lowest BCUT2D eigenvalue weighted by Gasteiger charge is -2.22. The lowest BCUT2D eigenvalue weighted by Crippen LogP contribution is -2.39. The number of ether oxygens (including phenoxy) is 3. The fourth-order valence-corrected chi connectivity index (χ4v) is 8.59. The summed E-state index contributed by atoms with van der Waals surface area (Å²) < 4.78 is 19.1. The highest BCUT2D eigenvalue weighted by atomic mass is 16.5. The first-order valence-electron chi connectivity index (χ1n) is 20.1. The Labute approximate surface area is 338 Å². The number of aryl methyl sites for hydroxylation is 2. The average molecular weight is 775 g/mol. The molecule has 5 aromatic carbocycles. The number of anilines is 3. The van der Waals surface area contributed by atoms with Crippen molar-refractivity contribution in [3.05, 3.63) is 136 Å². The molecule has 0 saturated heterocycles. The normalized spacial score (nSPS) is 17.2. The van der Waals surface area contributed by atoms with Crippen molar-refractivity contribution in [1.29, 1.82) is 0 Å². The number of hydrogen-bond donors (Lipinski definition) is 1. The van der Waals surface area contributed by atoms with Gasteiger partial charge in [0.15, 0.2) is 0 Å². The second-order valence-corrected chi connectivity index (χ2v) is 15.8. The molecule has 5 aromatic rings. The number of carbonyl (C=O) groups is 3. The molecule has 10 heteroatoms. The minimum absolute atomic E-state index is 0.00312. The SMILES string of the molecule is CC(=O)CCCCOc1cc(COc2cc3c(cc2C)C(=O)N2c4ccccc4C[C@H]2C=N3)cc(COc2cc3c(cc2C)C(=O)N2c4ccccc4C[C@H]2CN3)c1. The molecular formula is C48H46N4O6. The lowest BCUT2D eigenvalue weighted by molar-refractivity contribution is -0.117. The average Bonchev–Trinajstić information content (AvgIpc) is 3.71. The molecular weight excluding hydrogens is 729 g/mol. The number of ketones is 1. The van der Waals surface area contributed by atoms with E-state index in [1.807, 2.05) is 109 Å². The Morgan fingerprint density at radius 3 is 2.10 bits per heavy atom. The van der Waals surface area contributed by atoms with Crippen molar-refractivity contribution < 1.29 is 28.6 Å². The molecule has 1 N–H and O–H groups in total. The van der Waals surface area contributed by atoms with Crippen LogP contribution in [-0.4, -0.2) is 49.0 Å². The van der Waals surface area contributed by atoms with Gasteiger partial charge in [-0.25, -0.2) is 0 Å². The summed E-state index contributed by atoms with van der Waals surface area (Å²) in [4.78, 5) is 47.8. The number of nitrogens with one attached hydrogen (secondary N) is 1. The number of rotatable bonds is 12. The Balaban J connectivity index is 0.929. The Morgan fingerprint density at radius 2 is 1.38 bits per heavy atom. The predicted octanol–water partition coefficient (Wildman–Crippen LogP) is 8.88. The van der Waals surface area contributed by atoms with E-state index in [9.17, 15) is 14.4 Å². The molecule has 0 aromatic heterocycles. The van der Waals surface area contributed by atoms with Crippen LogP contribution in [0.4, 0.5) is 22.7 Å². The van der Waals surface area contributed by atoms with E-state index >= 15 is 0 Å². The van der Waals surface area contributed by atoms with Gasteiger partial charge >= 0.3 is 0 Å². The molecule has 0 saturated carbocycles. The third-order valence-electron chi connectivity index (χ3n) is 11.5. The first kappa shape index (κ1) is 37.2. The Hall–Kier alpha value is -6.42. The molecule has 0 fully saturated rings. The van der Waals surface area contributed by atoms with Gasteiger partial charge in [0.1, 0.15) is 36.2 Å². The van der Waals surface area contributed by atoms with Gasteiger partial charge in [-0.1, -0.05) is 36.4 Å². The maximum Gasteiger partial charge on any atom is 0.261 e. The second-order valence-electron chi connectivity index (χ2n) is 15.8. The van der Waals surface area contributed by atoms with Gasteiger partial charge in [-0.05, 0) is 116 Å². The van der Waals surface area contributed by atoms with Crippen LogP contribution in [-0.2, 0) is 30.8 Å². The van der Waals surface area contributed by atoms with E-state index in [0.29, 0.717) is 53.6 Å². The summed E-state index contributed by atoms with van der Waals surface area (Å²) in [5, 5.41) is 3.53. The number of benzene rings is 5. The third-order valence-corrected chi connectivity index (χ3v) is 11.5. The number of unbranched alkanes of at least 4 members (excludes halogenated alkanes) is 1. The molecule has 0 radical (unpaired) electrons. The Kier molecular flexibility index (Phi) is 9.93. The molecule has 0 spiro atoms. The van der Waals surface area contributed by atoms with Gasteiger partial charge in [0.2, 0.25) is 0 Å². The molecule has 9 rings (SSSR count). The summed E-state index contributed by atoms with van der Waals surface area (Å²) in [5.41, 5.74) is 10.3. The molecule has 0 bridgehead atoms. The van der Waals surface area contributed by atoms with Crippen LogP contribution in [0.3, 0.4) is 0 Å². The van der Waals surface area contributed by atoms with Crippen LogP contribution in [0.15, 0.2) is 96.0 Å². The van der Waals surface area contributed by atoms with E-state index < -0.39 is 0 Å². The van der Waals surface area contributed by atoms with Gasteiger partial charge in [-0.3, -0.25) is 19.5 Å². The van der Waals surface area contributed by atoms with Crippen LogP contribution in [0.1, 0.15) is 80.3 Å². The van der Waals surface area contributed by atoms with E-state index in [-0.39, 0.29) is 42.9 Å². The number of nitrogens with zero attached hydrogens (tertiary/aromatic N) is 3. The van der Waals surface area contributed by atoms with Crippen molar-refractivity contribution in [2.45, 2.75) is 78.2 Å². The number of para-hydroxylation sites is 2. The van der Waals surface area contributed by atoms with Crippen molar-refractivity contribution in [2.24, 2.45) is 4.99 Å². The summed E-state index contributed by atoms with van der Waals surface area (Å²) in [7, 11) is 0. The fraction of sp³-hybridized carbons (Fsp3) is 0.292. The highest BCUT2D eigenvalue weighted by Crippen LogP contribution is 2.40. The maximum atomic E-state index is 13.9. The number of amides is 2. The molecule has 2 atom stereocenters. The number of Topliss-reactive ketones (excluding diaryl/α,β-unsaturated/α-hetero) is 1. The molecule has 2 amide bonds. The summed E-state index contributed by atoms with van der Waals surface area (Å²) in [6.45, 7) is 7.15. The van der Waals surface area contributed by atoms with E-state index in [0.717, 1.165) is 70.6 Å². The van der Waals surface area contributed by atoms with Gasteiger partial charge in [0, 0.05) is 49.1 Å². The minimum Gasteiger partial charge on any atom is -0.494 e. The quantitative estimate of drug-likeness (QED) is 0.126. The lowest BCUT2D eigenvalue weighted by atomic mass is 10.1. The first-order valence-corrected chi connectivity index (χ1v) is 20.1.